The smallest absolute Gasteiger partial charge is 0.230 e. The SMILES string of the molecule is COc1cc([C@@H](C)C(=O)N2C[C@H](C)[C@H](Nc3ccc(-c4ncccn4)c(C)n3)C2)c(F)cn1. The molecule has 1 aliphatic rings. The number of aryl methyl sites for hydroxylation is 1. The Morgan fingerprint density at radius 1 is 1.24 bits per heavy atom. The fraction of sp³-hybridized carbons (Fsp3) is 0.375. The average Bonchev–Trinajstić information content (AvgIpc) is 3.19. The first-order valence-electron chi connectivity index (χ1n) is 10.9. The van der Waals surface area contributed by atoms with Crippen LogP contribution in [0.5, 0.6) is 5.88 Å². The topological polar surface area (TPSA) is 93.1 Å². The van der Waals surface area contributed by atoms with E-state index in [9.17, 15) is 9.18 Å². The van der Waals surface area contributed by atoms with Crippen LogP contribution in [0.25, 0.3) is 11.4 Å². The van der Waals surface area contributed by atoms with E-state index in [0.29, 0.717) is 18.9 Å². The number of pyridine rings is 2. The largest absolute Gasteiger partial charge is 0.481 e. The highest BCUT2D eigenvalue weighted by atomic mass is 19.1. The summed E-state index contributed by atoms with van der Waals surface area (Å²) in [5.41, 5.74) is 1.98. The molecule has 0 bridgehead atoms. The Morgan fingerprint density at radius 2 is 2.00 bits per heavy atom. The lowest BCUT2D eigenvalue weighted by molar-refractivity contribution is -0.131. The van der Waals surface area contributed by atoms with Crippen molar-refractivity contribution in [2.75, 3.05) is 25.5 Å². The third kappa shape index (κ3) is 4.76. The van der Waals surface area contributed by atoms with Crippen LogP contribution in [0.15, 0.2) is 42.9 Å². The zero-order chi connectivity index (χ0) is 23.5. The van der Waals surface area contributed by atoms with Crippen molar-refractivity contribution in [3.63, 3.8) is 0 Å². The molecule has 8 nitrogen and oxygen atoms in total. The quantitative estimate of drug-likeness (QED) is 0.615. The summed E-state index contributed by atoms with van der Waals surface area (Å²) in [6, 6.07) is 7.14. The molecule has 0 unspecified atom stereocenters. The van der Waals surface area contributed by atoms with Gasteiger partial charge < -0.3 is 15.0 Å². The third-order valence-electron chi connectivity index (χ3n) is 6.06. The summed E-state index contributed by atoms with van der Waals surface area (Å²) in [6.45, 7) is 6.81. The minimum Gasteiger partial charge on any atom is -0.481 e. The van der Waals surface area contributed by atoms with Crippen LogP contribution in [-0.2, 0) is 4.79 Å². The van der Waals surface area contributed by atoms with Crippen LogP contribution in [0.2, 0.25) is 0 Å². The first-order valence-corrected chi connectivity index (χ1v) is 10.9. The molecule has 172 valence electrons. The molecule has 0 aliphatic carbocycles. The summed E-state index contributed by atoms with van der Waals surface area (Å²) in [4.78, 5) is 32.0. The lowest BCUT2D eigenvalue weighted by Gasteiger charge is -2.22. The summed E-state index contributed by atoms with van der Waals surface area (Å²) < 4.78 is 19.4. The van der Waals surface area contributed by atoms with Gasteiger partial charge in [0.25, 0.3) is 0 Å². The van der Waals surface area contributed by atoms with Crippen molar-refractivity contribution in [2.24, 2.45) is 5.92 Å². The average molecular weight is 451 g/mol. The lowest BCUT2D eigenvalue weighted by atomic mass is 10.0. The van der Waals surface area contributed by atoms with E-state index in [2.05, 4.69) is 32.2 Å². The minimum atomic E-state index is -0.640. The summed E-state index contributed by atoms with van der Waals surface area (Å²) in [5, 5.41) is 3.45. The van der Waals surface area contributed by atoms with Gasteiger partial charge in [-0.2, -0.15) is 0 Å². The van der Waals surface area contributed by atoms with Gasteiger partial charge in [-0.05, 0) is 38.0 Å². The highest BCUT2D eigenvalue weighted by Crippen LogP contribution is 2.28. The molecule has 4 rings (SSSR count). The van der Waals surface area contributed by atoms with Gasteiger partial charge in [-0.3, -0.25) is 4.79 Å². The molecule has 1 aliphatic heterocycles. The minimum absolute atomic E-state index is 0.0312. The molecule has 1 amide bonds. The number of nitrogens with one attached hydrogen (secondary N) is 1. The predicted octanol–water partition coefficient (Wildman–Crippen LogP) is 3.45. The Hall–Kier alpha value is -3.62. The number of anilines is 1. The van der Waals surface area contributed by atoms with Gasteiger partial charge in [0.1, 0.15) is 11.6 Å². The number of ether oxygens (including phenoxy) is 1. The molecule has 0 radical (unpaired) electrons. The van der Waals surface area contributed by atoms with E-state index < -0.39 is 11.7 Å². The molecule has 33 heavy (non-hydrogen) atoms. The number of aromatic nitrogens is 4. The Balaban J connectivity index is 1.45. The number of hydrogen-bond acceptors (Lipinski definition) is 7. The van der Waals surface area contributed by atoms with Crippen molar-refractivity contribution in [1.82, 2.24) is 24.8 Å². The molecule has 4 heterocycles. The predicted molar refractivity (Wildman–Crippen MR) is 122 cm³/mol. The molecular formula is C24H27FN6O2. The van der Waals surface area contributed by atoms with Crippen LogP contribution in [0, 0.1) is 18.7 Å². The molecule has 0 saturated carbocycles. The van der Waals surface area contributed by atoms with Crippen LogP contribution < -0.4 is 10.1 Å². The second-order valence-corrected chi connectivity index (χ2v) is 8.34. The molecular weight excluding hydrogens is 423 g/mol. The Morgan fingerprint density at radius 3 is 2.70 bits per heavy atom. The highest BCUT2D eigenvalue weighted by Gasteiger charge is 2.35. The number of amides is 1. The molecule has 9 heteroatoms. The molecule has 3 aromatic rings. The van der Waals surface area contributed by atoms with Crippen LogP contribution in [0.1, 0.15) is 31.0 Å². The standard InChI is InChI=1S/C24H27FN6O2/c1-14-12-31(24(32)15(2)18-10-22(33-4)28-11-19(18)25)13-20(14)30-21-7-6-17(16(3)29-21)23-26-8-5-9-27-23/h5-11,14-15,20H,12-13H2,1-4H3,(H,29,30)/t14-,15+,20+/m0/s1. The van der Waals surface area contributed by atoms with Gasteiger partial charge >= 0.3 is 0 Å². The fourth-order valence-electron chi connectivity index (χ4n) is 4.12. The van der Waals surface area contributed by atoms with E-state index in [1.165, 1.54) is 13.2 Å². The Kier molecular flexibility index (Phi) is 6.48. The van der Waals surface area contributed by atoms with Gasteiger partial charge in [0.15, 0.2) is 5.82 Å². The number of likely N-dealkylation sites (tertiary alicyclic amines) is 1. The van der Waals surface area contributed by atoms with Crippen molar-refractivity contribution in [3.05, 3.63) is 59.9 Å². The fourth-order valence-corrected chi connectivity index (χ4v) is 4.12. The molecule has 1 N–H and O–H groups in total. The van der Waals surface area contributed by atoms with Crippen molar-refractivity contribution in [2.45, 2.75) is 32.7 Å². The van der Waals surface area contributed by atoms with E-state index in [1.54, 1.807) is 30.3 Å². The molecule has 0 spiro atoms. The molecule has 3 aromatic heterocycles. The van der Waals surface area contributed by atoms with E-state index in [4.69, 9.17) is 4.74 Å². The van der Waals surface area contributed by atoms with Crippen molar-refractivity contribution < 1.29 is 13.9 Å². The zero-order valence-electron chi connectivity index (χ0n) is 19.1. The maximum Gasteiger partial charge on any atom is 0.230 e. The second-order valence-electron chi connectivity index (χ2n) is 8.34. The van der Waals surface area contributed by atoms with E-state index >= 15 is 0 Å². The lowest BCUT2D eigenvalue weighted by Crippen LogP contribution is -2.34. The summed E-state index contributed by atoms with van der Waals surface area (Å²) in [5.74, 6) is 0.576. The maximum absolute atomic E-state index is 14.3. The first-order chi connectivity index (χ1) is 15.9. The molecule has 1 fully saturated rings. The van der Waals surface area contributed by atoms with Gasteiger partial charge in [0.05, 0.1) is 24.9 Å². The van der Waals surface area contributed by atoms with Crippen molar-refractivity contribution in [1.29, 1.82) is 0 Å². The van der Waals surface area contributed by atoms with E-state index in [1.807, 2.05) is 19.1 Å². The van der Waals surface area contributed by atoms with Gasteiger partial charge in [0.2, 0.25) is 11.8 Å². The van der Waals surface area contributed by atoms with Crippen LogP contribution in [0.3, 0.4) is 0 Å². The van der Waals surface area contributed by atoms with Crippen LogP contribution in [-0.4, -0.2) is 57.0 Å². The van der Waals surface area contributed by atoms with Crippen molar-refractivity contribution in [3.8, 4) is 17.3 Å². The Labute approximate surface area is 192 Å². The van der Waals surface area contributed by atoms with Crippen LogP contribution >= 0.6 is 0 Å². The van der Waals surface area contributed by atoms with Gasteiger partial charge in [-0.25, -0.2) is 24.3 Å². The van der Waals surface area contributed by atoms with Gasteiger partial charge in [-0.15, -0.1) is 0 Å². The van der Waals surface area contributed by atoms with Crippen LogP contribution in [0.4, 0.5) is 10.2 Å². The van der Waals surface area contributed by atoms with Crippen molar-refractivity contribution >= 4 is 11.7 Å². The Bertz CT molecular complexity index is 1140. The molecule has 0 aromatic carbocycles. The number of hydrogen-bond donors (Lipinski definition) is 1. The molecule has 1 saturated heterocycles. The zero-order valence-corrected chi connectivity index (χ0v) is 19.1. The summed E-state index contributed by atoms with van der Waals surface area (Å²) in [6.07, 6.45) is 4.50. The normalized spacial score (nSPS) is 18.8. The second kappa shape index (κ2) is 9.48. The van der Waals surface area contributed by atoms with Gasteiger partial charge in [0, 0.05) is 48.7 Å². The monoisotopic (exact) mass is 450 g/mol. The number of rotatable bonds is 6. The number of halogens is 1. The highest BCUT2D eigenvalue weighted by molar-refractivity contribution is 5.84. The third-order valence-corrected chi connectivity index (χ3v) is 6.06. The molecule has 3 atom stereocenters. The number of methoxy groups -OCH3 is 1. The number of carbonyl (C=O) groups excluding carboxylic acids is 1. The summed E-state index contributed by atoms with van der Waals surface area (Å²) >= 11 is 0. The first kappa shape index (κ1) is 22.6. The summed E-state index contributed by atoms with van der Waals surface area (Å²) in [7, 11) is 1.46. The van der Waals surface area contributed by atoms with E-state index in [-0.39, 0.29) is 29.3 Å². The van der Waals surface area contributed by atoms with E-state index in [0.717, 1.165) is 23.3 Å². The van der Waals surface area contributed by atoms with Gasteiger partial charge in [-0.1, -0.05) is 6.92 Å². The number of carbonyl (C=O) groups is 1. The maximum atomic E-state index is 14.3. The number of nitrogens with zero attached hydrogens (tertiary/aromatic N) is 5.